The van der Waals surface area contributed by atoms with E-state index in [0.717, 1.165) is 4.90 Å². The molecule has 1 aromatic rings. The molecule has 7 nitrogen and oxygen atoms in total. The van der Waals surface area contributed by atoms with Gasteiger partial charge in [0.05, 0.1) is 21.2 Å². The Labute approximate surface area is 134 Å². The van der Waals surface area contributed by atoms with E-state index in [2.05, 4.69) is 4.74 Å². The molecule has 0 saturated carbocycles. The van der Waals surface area contributed by atoms with Crippen LogP contribution >= 0.6 is 23.2 Å². The van der Waals surface area contributed by atoms with E-state index in [1.54, 1.807) is 0 Å². The van der Waals surface area contributed by atoms with Gasteiger partial charge in [0.1, 0.15) is 6.04 Å². The maximum atomic E-state index is 12.3. The molecule has 1 heterocycles. The molecule has 0 saturated heterocycles. The monoisotopic (exact) mass is 344 g/mol. The number of ether oxygens (including phenoxy) is 1. The highest BCUT2D eigenvalue weighted by molar-refractivity contribution is 6.43. The van der Waals surface area contributed by atoms with E-state index < -0.39 is 36.3 Å². The first-order chi connectivity index (χ1) is 10.2. The van der Waals surface area contributed by atoms with Gasteiger partial charge in [-0.25, -0.2) is 4.79 Å². The average molecular weight is 345 g/mol. The smallest absolute Gasteiger partial charge is 0.329 e. The van der Waals surface area contributed by atoms with E-state index in [1.165, 1.54) is 19.1 Å². The first-order valence-electron chi connectivity index (χ1n) is 6.06. The van der Waals surface area contributed by atoms with Gasteiger partial charge < -0.3 is 10.5 Å². The van der Waals surface area contributed by atoms with Crippen LogP contribution < -0.4 is 5.73 Å². The number of imide groups is 1. The van der Waals surface area contributed by atoms with Crippen LogP contribution in [-0.2, 0) is 14.3 Å². The molecule has 1 aromatic carbocycles. The SMILES string of the molecule is C[C@@H](C(=O)OCC(N)=O)N1C(=O)c2cc(Cl)c(Cl)cc2C1=O. The van der Waals surface area contributed by atoms with Gasteiger partial charge in [-0.3, -0.25) is 19.3 Å². The normalized spacial score (nSPS) is 14.8. The van der Waals surface area contributed by atoms with Crippen molar-refractivity contribution < 1.29 is 23.9 Å². The van der Waals surface area contributed by atoms with Crippen molar-refractivity contribution in [3.63, 3.8) is 0 Å². The van der Waals surface area contributed by atoms with E-state index in [9.17, 15) is 19.2 Å². The van der Waals surface area contributed by atoms with Gasteiger partial charge in [0.15, 0.2) is 6.61 Å². The first-order valence-corrected chi connectivity index (χ1v) is 6.81. The van der Waals surface area contributed by atoms with Gasteiger partial charge in [-0.05, 0) is 19.1 Å². The number of halogens is 2. The zero-order valence-electron chi connectivity index (χ0n) is 11.3. The van der Waals surface area contributed by atoms with E-state index in [0.29, 0.717) is 0 Å². The summed E-state index contributed by atoms with van der Waals surface area (Å²) in [6.07, 6.45) is 0. The van der Waals surface area contributed by atoms with Gasteiger partial charge in [-0.1, -0.05) is 23.2 Å². The predicted molar refractivity (Wildman–Crippen MR) is 76.6 cm³/mol. The molecule has 0 spiro atoms. The van der Waals surface area contributed by atoms with Crippen molar-refractivity contribution in [1.82, 2.24) is 4.90 Å². The number of fused-ring (bicyclic) bond motifs is 1. The van der Waals surface area contributed by atoms with Crippen molar-refractivity contribution in [2.75, 3.05) is 6.61 Å². The first kappa shape index (κ1) is 16.3. The standard InChI is InChI=1S/C13H10Cl2N2O5/c1-5(13(21)22-4-10(16)18)17-11(19)6-2-8(14)9(15)3-7(6)12(17)20/h2-3,5H,4H2,1H3,(H2,16,18)/t5-/m0/s1. The van der Waals surface area contributed by atoms with Crippen molar-refractivity contribution in [1.29, 1.82) is 0 Å². The molecular weight excluding hydrogens is 335 g/mol. The minimum absolute atomic E-state index is 0.0500. The van der Waals surface area contributed by atoms with Crippen LogP contribution in [0, 0.1) is 0 Å². The van der Waals surface area contributed by atoms with Crippen LogP contribution in [0.4, 0.5) is 0 Å². The number of carbonyl (C=O) groups excluding carboxylic acids is 4. The number of amides is 3. The molecule has 2 N–H and O–H groups in total. The second-order valence-corrected chi connectivity index (χ2v) is 5.36. The van der Waals surface area contributed by atoms with Crippen LogP contribution in [0.1, 0.15) is 27.6 Å². The molecule has 1 atom stereocenters. The maximum absolute atomic E-state index is 12.3. The van der Waals surface area contributed by atoms with Crippen LogP contribution in [0.2, 0.25) is 10.0 Å². The summed E-state index contributed by atoms with van der Waals surface area (Å²) < 4.78 is 4.61. The molecule has 2 rings (SSSR count). The number of esters is 1. The van der Waals surface area contributed by atoms with E-state index in [-0.39, 0.29) is 21.2 Å². The summed E-state index contributed by atoms with van der Waals surface area (Å²) in [5.74, 6) is -3.16. The van der Waals surface area contributed by atoms with Crippen LogP contribution in [0.25, 0.3) is 0 Å². The number of carbonyl (C=O) groups is 4. The fourth-order valence-electron chi connectivity index (χ4n) is 1.97. The summed E-state index contributed by atoms with van der Waals surface area (Å²) in [7, 11) is 0. The third kappa shape index (κ3) is 2.77. The fourth-order valence-corrected chi connectivity index (χ4v) is 2.30. The number of rotatable bonds is 4. The lowest BCUT2D eigenvalue weighted by Gasteiger charge is -2.20. The summed E-state index contributed by atoms with van der Waals surface area (Å²) in [5.41, 5.74) is 4.96. The van der Waals surface area contributed by atoms with Gasteiger partial charge in [0, 0.05) is 0 Å². The lowest BCUT2D eigenvalue weighted by Crippen LogP contribution is -2.44. The van der Waals surface area contributed by atoms with Gasteiger partial charge in [-0.2, -0.15) is 0 Å². The second-order valence-electron chi connectivity index (χ2n) is 4.54. The number of nitrogens with two attached hydrogens (primary N) is 1. The van der Waals surface area contributed by atoms with Crippen molar-refractivity contribution in [3.05, 3.63) is 33.3 Å². The van der Waals surface area contributed by atoms with E-state index in [4.69, 9.17) is 28.9 Å². The molecule has 0 aromatic heterocycles. The molecule has 0 unspecified atom stereocenters. The molecule has 0 bridgehead atoms. The molecule has 116 valence electrons. The van der Waals surface area contributed by atoms with Crippen molar-refractivity contribution in [3.8, 4) is 0 Å². The summed E-state index contributed by atoms with van der Waals surface area (Å²) in [6, 6.07) is 1.31. The lowest BCUT2D eigenvalue weighted by molar-refractivity contribution is -0.151. The van der Waals surface area contributed by atoms with E-state index in [1.807, 2.05) is 0 Å². The van der Waals surface area contributed by atoms with Crippen LogP contribution in [0.3, 0.4) is 0 Å². The fraction of sp³-hybridized carbons (Fsp3) is 0.231. The number of benzene rings is 1. The van der Waals surface area contributed by atoms with Gasteiger partial charge in [-0.15, -0.1) is 0 Å². The van der Waals surface area contributed by atoms with Crippen molar-refractivity contribution in [2.24, 2.45) is 5.73 Å². The van der Waals surface area contributed by atoms with Crippen LogP contribution in [0.5, 0.6) is 0 Å². The van der Waals surface area contributed by atoms with Crippen molar-refractivity contribution >= 4 is 46.9 Å². The Hall–Kier alpha value is -2.12. The Morgan fingerprint density at radius 3 is 2.05 bits per heavy atom. The molecular formula is C13H10Cl2N2O5. The minimum Gasteiger partial charge on any atom is -0.454 e. The topological polar surface area (TPSA) is 107 Å². The maximum Gasteiger partial charge on any atom is 0.329 e. The third-order valence-electron chi connectivity index (χ3n) is 3.04. The summed E-state index contributed by atoms with van der Waals surface area (Å²) >= 11 is 11.6. The van der Waals surface area contributed by atoms with Gasteiger partial charge >= 0.3 is 5.97 Å². The van der Waals surface area contributed by atoms with Crippen LogP contribution in [-0.4, -0.2) is 41.2 Å². The lowest BCUT2D eigenvalue weighted by atomic mass is 10.1. The zero-order valence-corrected chi connectivity index (χ0v) is 12.8. The average Bonchev–Trinajstić information content (AvgIpc) is 2.68. The third-order valence-corrected chi connectivity index (χ3v) is 3.77. The highest BCUT2D eigenvalue weighted by atomic mass is 35.5. The molecule has 9 heteroatoms. The number of hydrogen-bond donors (Lipinski definition) is 1. The molecule has 1 aliphatic heterocycles. The Balaban J connectivity index is 2.27. The number of primary amides is 1. The Kier molecular flexibility index (Phi) is 4.39. The highest BCUT2D eigenvalue weighted by Crippen LogP contribution is 2.32. The second kappa shape index (κ2) is 5.94. The summed E-state index contributed by atoms with van der Waals surface area (Å²) in [5, 5.41) is 0.236. The Morgan fingerprint density at radius 2 is 1.64 bits per heavy atom. The Morgan fingerprint density at radius 1 is 1.18 bits per heavy atom. The Bertz CT molecular complexity index is 663. The molecule has 0 aliphatic carbocycles. The van der Waals surface area contributed by atoms with E-state index >= 15 is 0 Å². The van der Waals surface area contributed by atoms with Crippen molar-refractivity contribution in [2.45, 2.75) is 13.0 Å². The van der Waals surface area contributed by atoms with Gasteiger partial charge in [0.2, 0.25) is 0 Å². The number of nitrogens with zero attached hydrogens (tertiary/aromatic N) is 1. The molecule has 22 heavy (non-hydrogen) atoms. The zero-order chi connectivity index (χ0) is 16.6. The number of hydrogen-bond acceptors (Lipinski definition) is 5. The van der Waals surface area contributed by atoms with Crippen LogP contribution in [0.15, 0.2) is 12.1 Å². The quantitative estimate of drug-likeness (QED) is 0.647. The highest BCUT2D eigenvalue weighted by Gasteiger charge is 2.42. The molecule has 0 radical (unpaired) electrons. The summed E-state index contributed by atoms with van der Waals surface area (Å²) in [6.45, 7) is 0.665. The summed E-state index contributed by atoms with van der Waals surface area (Å²) in [4.78, 5) is 47.6. The van der Waals surface area contributed by atoms with Gasteiger partial charge in [0.25, 0.3) is 17.7 Å². The molecule has 1 aliphatic rings. The molecule has 0 fully saturated rings. The molecule has 3 amide bonds. The predicted octanol–water partition coefficient (Wildman–Crippen LogP) is 1.01. The minimum atomic E-state index is -1.22. The largest absolute Gasteiger partial charge is 0.454 e.